The minimum Gasteiger partial charge on any atom is -0.389 e. The molecule has 1 aromatic rings. The van der Waals surface area contributed by atoms with E-state index in [0.717, 1.165) is 94.7 Å². The zero-order chi connectivity index (χ0) is 25.1. The van der Waals surface area contributed by atoms with Gasteiger partial charge in [-0.15, -0.1) is 0 Å². The summed E-state index contributed by atoms with van der Waals surface area (Å²) in [4.78, 5) is 17.7. The molecule has 1 heterocycles. The lowest BCUT2D eigenvalue weighted by Gasteiger charge is -2.61. The van der Waals surface area contributed by atoms with E-state index in [2.05, 4.69) is 35.8 Å². The van der Waals surface area contributed by atoms with Gasteiger partial charge in [0.2, 0.25) is 0 Å². The van der Waals surface area contributed by atoms with E-state index in [1.807, 2.05) is 12.1 Å². The molecule has 0 amide bonds. The van der Waals surface area contributed by atoms with Gasteiger partial charge in [0.1, 0.15) is 5.78 Å². The molecule has 198 valence electrons. The smallest absolute Gasteiger partial charge is 0.139 e. The van der Waals surface area contributed by atoms with Crippen molar-refractivity contribution in [2.45, 2.75) is 83.8 Å². The van der Waals surface area contributed by atoms with Crippen LogP contribution in [0, 0.1) is 34.5 Å². The number of carbonyl (C=O) groups excluding carboxylic acids is 1. The van der Waals surface area contributed by atoms with Crippen molar-refractivity contribution in [3.8, 4) is 0 Å². The lowest BCUT2D eigenvalue weighted by molar-refractivity contribution is -0.158. The Balaban J connectivity index is 1.05. The SMILES string of the molecule is C[C@]12CC[C@](O)(CN3CCN(Cc4cccc(Cl)c4)CC3)C[C@@H]1CC[C@@H]1[C@@H]2CC[C@]2(C)C(=O)CC[C@@H]12. The largest absolute Gasteiger partial charge is 0.389 e. The summed E-state index contributed by atoms with van der Waals surface area (Å²) < 4.78 is 0. The van der Waals surface area contributed by atoms with Crippen molar-refractivity contribution in [1.82, 2.24) is 9.80 Å². The van der Waals surface area contributed by atoms with Gasteiger partial charge in [-0.25, -0.2) is 0 Å². The second-order valence-electron chi connectivity index (χ2n) is 13.7. The number of fused-ring (bicyclic) bond motifs is 5. The maximum Gasteiger partial charge on any atom is 0.139 e. The fourth-order valence-corrected chi connectivity index (χ4v) is 9.87. The first-order chi connectivity index (χ1) is 17.2. The third-order valence-corrected chi connectivity index (χ3v) is 12.0. The van der Waals surface area contributed by atoms with Gasteiger partial charge in [-0.05, 0) is 98.1 Å². The lowest BCUT2D eigenvalue weighted by Crippen LogP contribution is -2.59. The summed E-state index contributed by atoms with van der Waals surface area (Å²) in [5.74, 6) is 3.27. The molecule has 0 bridgehead atoms. The molecule has 4 aliphatic carbocycles. The van der Waals surface area contributed by atoms with Crippen molar-refractivity contribution in [2.24, 2.45) is 34.5 Å². The van der Waals surface area contributed by atoms with Gasteiger partial charge < -0.3 is 5.11 Å². The summed E-state index contributed by atoms with van der Waals surface area (Å²) in [5.41, 5.74) is 1.05. The van der Waals surface area contributed by atoms with E-state index in [-0.39, 0.29) is 5.41 Å². The van der Waals surface area contributed by atoms with Gasteiger partial charge in [-0.2, -0.15) is 0 Å². The van der Waals surface area contributed by atoms with Crippen LogP contribution >= 0.6 is 11.6 Å². The second kappa shape index (κ2) is 9.36. The van der Waals surface area contributed by atoms with Crippen LogP contribution in [0.3, 0.4) is 0 Å². The summed E-state index contributed by atoms with van der Waals surface area (Å²) in [6.07, 6.45) is 9.85. The molecule has 36 heavy (non-hydrogen) atoms. The van der Waals surface area contributed by atoms with E-state index in [9.17, 15) is 9.90 Å². The third-order valence-electron chi connectivity index (χ3n) is 11.8. The van der Waals surface area contributed by atoms with Crippen molar-refractivity contribution in [3.05, 3.63) is 34.9 Å². The molecule has 0 radical (unpaired) electrons. The van der Waals surface area contributed by atoms with Gasteiger partial charge in [0, 0.05) is 56.1 Å². The number of Topliss-reactive ketones (excluding diaryl/α,β-unsaturated/α-hetero) is 1. The van der Waals surface area contributed by atoms with Crippen LogP contribution in [0.15, 0.2) is 24.3 Å². The standard InChI is InChI=1S/C31H45ClN2O2/c1-29-12-13-31(36,21-34-16-14-33(15-17-34)20-22-4-3-5-24(32)18-22)19-23(29)6-7-25-26-8-9-28(35)30(26,2)11-10-27(25)29/h3-5,18,23,25-27,36H,6-17,19-21H2,1-2H3/t23-,25-,26-,27-,29-,30-,31+/m0/s1. The molecule has 0 spiro atoms. The molecule has 5 aliphatic rings. The number of hydrogen-bond acceptors (Lipinski definition) is 4. The lowest BCUT2D eigenvalue weighted by atomic mass is 9.44. The Labute approximate surface area is 222 Å². The van der Waals surface area contributed by atoms with E-state index in [4.69, 9.17) is 11.6 Å². The number of piperazine rings is 1. The van der Waals surface area contributed by atoms with E-state index in [1.165, 1.54) is 24.8 Å². The van der Waals surface area contributed by atoms with Crippen molar-refractivity contribution >= 4 is 17.4 Å². The fourth-order valence-electron chi connectivity index (χ4n) is 9.65. The summed E-state index contributed by atoms with van der Waals surface area (Å²) in [5, 5.41) is 12.6. The second-order valence-corrected chi connectivity index (χ2v) is 14.1. The highest BCUT2D eigenvalue weighted by molar-refractivity contribution is 6.30. The van der Waals surface area contributed by atoms with Gasteiger partial charge in [-0.3, -0.25) is 14.6 Å². The average molecular weight is 513 g/mol. The average Bonchev–Trinajstić information content (AvgIpc) is 3.15. The van der Waals surface area contributed by atoms with Crippen LogP contribution in [-0.4, -0.2) is 59.0 Å². The number of ketones is 1. The van der Waals surface area contributed by atoms with Gasteiger partial charge in [0.25, 0.3) is 0 Å². The van der Waals surface area contributed by atoms with Crippen molar-refractivity contribution < 1.29 is 9.90 Å². The Bertz CT molecular complexity index is 993. The van der Waals surface area contributed by atoms with E-state index in [1.54, 1.807) is 0 Å². The monoisotopic (exact) mass is 512 g/mol. The molecule has 1 aliphatic heterocycles. The number of carbonyl (C=O) groups is 1. The highest BCUT2D eigenvalue weighted by Crippen LogP contribution is 2.66. The minimum absolute atomic E-state index is 0.0331. The van der Waals surface area contributed by atoms with Crippen LogP contribution in [0.25, 0.3) is 0 Å². The predicted molar refractivity (Wildman–Crippen MR) is 145 cm³/mol. The van der Waals surface area contributed by atoms with Gasteiger partial charge in [0.15, 0.2) is 0 Å². The van der Waals surface area contributed by atoms with Crippen LogP contribution in [0.2, 0.25) is 5.02 Å². The normalized spacial score (nSPS) is 43.6. The number of hydrogen-bond donors (Lipinski definition) is 1. The Morgan fingerprint density at radius 2 is 1.75 bits per heavy atom. The Hall–Kier alpha value is -0.940. The van der Waals surface area contributed by atoms with Crippen LogP contribution in [0.1, 0.15) is 77.2 Å². The predicted octanol–water partition coefficient (Wildman–Crippen LogP) is 5.80. The van der Waals surface area contributed by atoms with E-state index in [0.29, 0.717) is 23.0 Å². The molecule has 1 N–H and O–H groups in total. The topological polar surface area (TPSA) is 43.8 Å². The molecule has 0 unspecified atom stereocenters. The Kier molecular flexibility index (Phi) is 6.59. The molecular formula is C31H45ClN2O2. The molecule has 1 saturated heterocycles. The summed E-state index contributed by atoms with van der Waals surface area (Å²) in [6, 6.07) is 8.20. The van der Waals surface area contributed by atoms with Crippen LogP contribution < -0.4 is 0 Å². The first kappa shape index (κ1) is 25.3. The molecule has 1 aromatic carbocycles. The third kappa shape index (κ3) is 4.38. The summed E-state index contributed by atoms with van der Waals surface area (Å²) in [7, 11) is 0. The van der Waals surface area contributed by atoms with Crippen molar-refractivity contribution in [2.75, 3.05) is 32.7 Å². The van der Waals surface area contributed by atoms with Gasteiger partial charge in [0.05, 0.1) is 5.60 Å². The van der Waals surface area contributed by atoms with Crippen molar-refractivity contribution in [1.29, 1.82) is 0 Å². The molecule has 5 fully saturated rings. The van der Waals surface area contributed by atoms with Crippen LogP contribution in [-0.2, 0) is 11.3 Å². The number of rotatable bonds is 4. The zero-order valence-electron chi connectivity index (χ0n) is 22.4. The fraction of sp³-hybridized carbons (Fsp3) is 0.774. The molecular weight excluding hydrogens is 468 g/mol. The van der Waals surface area contributed by atoms with Gasteiger partial charge >= 0.3 is 0 Å². The number of nitrogens with zero attached hydrogens (tertiary/aromatic N) is 2. The molecule has 6 rings (SSSR count). The Morgan fingerprint density at radius 1 is 0.972 bits per heavy atom. The molecule has 4 nitrogen and oxygen atoms in total. The van der Waals surface area contributed by atoms with Crippen molar-refractivity contribution in [3.63, 3.8) is 0 Å². The quantitative estimate of drug-likeness (QED) is 0.553. The maximum atomic E-state index is 12.7. The molecule has 0 aromatic heterocycles. The number of halogens is 1. The maximum absolute atomic E-state index is 12.7. The van der Waals surface area contributed by atoms with Crippen LogP contribution in [0.5, 0.6) is 0 Å². The van der Waals surface area contributed by atoms with Crippen LogP contribution in [0.4, 0.5) is 0 Å². The summed E-state index contributed by atoms with van der Waals surface area (Å²) in [6.45, 7) is 10.8. The van der Waals surface area contributed by atoms with Gasteiger partial charge in [-0.1, -0.05) is 37.6 Å². The highest BCUT2D eigenvalue weighted by Gasteiger charge is 2.61. The molecule has 5 heteroatoms. The first-order valence-corrected chi connectivity index (χ1v) is 15.0. The zero-order valence-corrected chi connectivity index (χ0v) is 23.1. The highest BCUT2D eigenvalue weighted by atomic mass is 35.5. The number of β-amino-alcohol motifs (C(OH)–C–C–N with tert-alkyl or cyclic N) is 1. The van der Waals surface area contributed by atoms with E-state index < -0.39 is 5.60 Å². The molecule has 4 saturated carbocycles. The Morgan fingerprint density at radius 3 is 2.53 bits per heavy atom. The molecule has 7 atom stereocenters. The first-order valence-electron chi connectivity index (χ1n) is 14.6. The number of benzene rings is 1. The van der Waals surface area contributed by atoms with E-state index >= 15 is 0 Å². The minimum atomic E-state index is -0.543. The number of aliphatic hydroxyl groups is 1. The summed E-state index contributed by atoms with van der Waals surface area (Å²) >= 11 is 6.17.